The van der Waals surface area contributed by atoms with Gasteiger partial charge in [0.25, 0.3) is 0 Å². The molecule has 0 aliphatic heterocycles. The van der Waals surface area contributed by atoms with Crippen molar-refractivity contribution < 1.29 is 29.7 Å². The Morgan fingerprint density at radius 2 is 0.789 bits per heavy atom. The first-order valence-electron chi connectivity index (χ1n) is 5.97. The molecule has 0 atom stereocenters. The van der Waals surface area contributed by atoms with Crippen molar-refractivity contribution in [2.24, 2.45) is 0 Å². The van der Waals surface area contributed by atoms with E-state index in [9.17, 15) is 14.4 Å². The van der Waals surface area contributed by atoms with Crippen molar-refractivity contribution in [3.63, 3.8) is 0 Å². The van der Waals surface area contributed by atoms with Crippen LogP contribution in [0, 0.1) is 0 Å². The van der Waals surface area contributed by atoms with E-state index in [1.165, 1.54) is 0 Å². The van der Waals surface area contributed by atoms with E-state index in [-0.39, 0.29) is 23.9 Å². The topological polar surface area (TPSA) is 112 Å². The van der Waals surface area contributed by atoms with Gasteiger partial charge in [0.15, 0.2) is 0 Å². The average molecular weight is 385 g/mol. The van der Waals surface area contributed by atoms with Gasteiger partial charge in [0, 0.05) is 19.3 Å². The first-order valence-corrected chi connectivity index (χ1v) is 5.97. The molecule has 0 aliphatic rings. The summed E-state index contributed by atoms with van der Waals surface area (Å²) in [5, 5.41) is 23.7. The van der Waals surface area contributed by atoms with Gasteiger partial charge in [-0.1, -0.05) is 20.8 Å². The number of hydrogen-bond donors (Lipinski definition) is 3. The molecule has 0 aromatic heterocycles. The van der Waals surface area contributed by atoms with Crippen molar-refractivity contribution >= 4 is 41.8 Å². The third-order valence-corrected chi connectivity index (χ3v) is 1.39. The Hall–Kier alpha value is -0.791. The third-order valence-electron chi connectivity index (χ3n) is 1.39. The summed E-state index contributed by atoms with van der Waals surface area (Å²) in [6.45, 7) is 5.52. The van der Waals surface area contributed by atoms with Crippen molar-refractivity contribution in [3.05, 3.63) is 0 Å². The number of hydrogen-bond acceptors (Lipinski definition) is 3. The zero-order valence-corrected chi connectivity index (χ0v) is 16.1. The van der Waals surface area contributed by atoms with Crippen LogP contribution in [0.2, 0.25) is 0 Å². The van der Waals surface area contributed by atoms with Crippen molar-refractivity contribution in [1.29, 1.82) is 0 Å². The predicted octanol–water partition coefficient (Wildman–Crippen LogP) is 1.70. The van der Waals surface area contributed by atoms with Crippen molar-refractivity contribution in [3.8, 4) is 0 Å². The van der Waals surface area contributed by atoms with Gasteiger partial charge in [0.2, 0.25) is 0 Å². The average Bonchev–Trinajstić information content (AvgIpc) is 2.18. The van der Waals surface area contributed by atoms with Crippen LogP contribution < -0.4 is 0 Å². The number of aliphatic carboxylic acids is 3. The Morgan fingerprint density at radius 3 is 0.789 bits per heavy atom. The fraction of sp³-hybridized carbons (Fsp3) is 0.750. The molecule has 19 heavy (non-hydrogen) atoms. The number of carboxylic acid groups (broad SMARTS) is 3. The molecule has 0 saturated heterocycles. The van der Waals surface area contributed by atoms with E-state index >= 15 is 0 Å². The molecule has 0 amide bonds. The predicted molar refractivity (Wildman–Crippen MR) is 76.2 cm³/mol. The summed E-state index contributed by atoms with van der Waals surface area (Å²) in [6, 6.07) is 0. The van der Waals surface area contributed by atoms with E-state index < -0.39 is 17.9 Å². The second-order valence-corrected chi connectivity index (χ2v) is 3.43. The second-order valence-electron chi connectivity index (χ2n) is 3.43. The van der Waals surface area contributed by atoms with Gasteiger partial charge in [-0.25, -0.2) is 0 Å². The Balaban J connectivity index is -0.0000000865. The van der Waals surface area contributed by atoms with Crippen LogP contribution in [0.25, 0.3) is 0 Å². The summed E-state index contributed by atoms with van der Waals surface area (Å²) >= 11 is 0. The van der Waals surface area contributed by atoms with E-state index in [0.717, 1.165) is 19.3 Å². The quantitative estimate of drug-likeness (QED) is 0.601. The standard InChI is InChI=1S/3C4H8O2.Sn.2H/c3*1-2-3-4(5)6;;;/h3*2-3H2,1H3,(H,5,6);;;. The van der Waals surface area contributed by atoms with E-state index in [4.69, 9.17) is 15.3 Å². The molecule has 6 nitrogen and oxygen atoms in total. The summed E-state index contributed by atoms with van der Waals surface area (Å²) in [7, 11) is 0. The van der Waals surface area contributed by atoms with E-state index in [0.29, 0.717) is 19.3 Å². The molecule has 0 fully saturated rings. The van der Waals surface area contributed by atoms with Crippen LogP contribution in [0.5, 0.6) is 0 Å². The van der Waals surface area contributed by atoms with E-state index in [2.05, 4.69) is 0 Å². The van der Waals surface area contributed by atoms with Crippen LogP contribution in [-0.4, -0.2) is 57.1 Å². The third kappa shape index (κ3) is 59.1. The minimum atomic E-state index is -0.711. The zero-order chi connectivity index (χ0) is 15.0. The number of carboxylic acids is 3. The molecule has 114 valence electrons. The Kier molecular flexibility index (Phi) is 31.5. The van der Waals surface area contributed by atoms with Gasteiger partial charge in [-0.2, -0.15) is 0 Å². The summed E-state index contributed by atoms with van der Waals surface area (Å²) in [6.07, 6.45) is 3.07. The minimum absolute atomic E-state index is 0. The van der Waals surface area contributed by atoms with Crippen LogP contribution in [0.15, 0.2) is 0 Å². The summed E-state index contributed by atoms with van der Waals surface area (Å²) in [5.74, 6) is -2.13. The van der Waals surface area contributed by atoms with Gasteiger partial charge in [0.1, 0.15) is 0 Å². The Labute approximate surface area is 131 Å². The van der Waals surface area contributed by atoms with Crippen LogP contribution in [0.1, 0.15) is 59.3 Å². The van der Waals surface area contributed by atoms with Crippen molar-refractivity contribution in [2.75, 3.05) is 0 Å². The second kappa shape index (κ2) is 22.4. The van der Waals surface area contributed by atoms with Crippen LogP contribution in [-0.2, 0) is 14.4 Å². The van der Waals surface area contributed by atoms with Crippen LogP contribution >= 0.6 is 0 Å². The molecule has 0 rings (SSSR count). The molecular formula is C12H26O6Sn. The summed E-state index contributed by atoms with van der Waals surface area (Å²) in [4.78, 5) is 28.8. The molecule has 0 unspecified atom stereocenters. The fourth-order valence-electron chi connectivity index (χ4n) is 0.642. The van der Waals surface area contributed by atoms with Gasteiger partial charge >= 0.3 is 41.8 Å². The first kappa shape index (κ1) is 26.7. The number of carbonyl (C=O) groups is 3. The molecule has 0 aliphatic carbocycles. The zero-order valence-electron chi connectivity index (χ0n) is 12.0. The molecule has 0 saturated carbocycles. The monoisotopic (exact) mass is 386 g/mol. The molecule has 7 heteroatoms. The van der Waals surface area contributed by atoms with E-state index in [1.54, 1.807) is 0 Å². The van der Waals surface area contributed by atoms with Gasteiger partial charge < -0.3 is 15.3 Å². The molecule has 3 N–H and O–H groups in total. The summed E-state index contributed by atoms with van der Waals surface area (Å²) in [5.41, 5.74) is 0. The molecule has 0 spiro atoms. The normalized spacial score (nSPS) is 7.74. The van der Waals surface area contributed by atoms with Crippen LogP contribution in [0.3, 0.4) is 0 Å². The maximum absolute atomic E-state index is 9.60. The Bertz CT molecular complexity index is 192. The van der Waals surface area contributed by atoms with Gasteiger partial charge in [-0.15, -0.1) is 0 Å². The fourth-order valence-corrected chi connectivity index (χ4v) is 0.642. The molecule has 2 radical (unpaired) electrons. The molecular weight excluding hydrogens is 359 g/mol. The van der Waals surface area contributed by atoms with Gasteiger partial charge in [0.05, 0.1) is 0 Å². The van der Waals surface area contributed by atoms with Gasteiger partial charge in [-0.05, 0) is 19.3 Å². The van der Waals surface area contributed by atoms with E-state index in [1.807, 2.05) is 20.8 Å². The maximum atomic E-state index is 9.60. The molecule has 0 heterocycles. The van der Waals surface area contributed by atoms with Crippen molar-refractivity contribution in [1.82, 2.24) is 0 Å². The van der Waals surface area contributed by atoms with Crippen molar-refractivity contribution in [2.45, 2.75) is 59.3 Å². The summed E-state index contributed by atoms with van der Waals surface area (Å²) < 4.78 is 0. The van der Waals surface area contributed by atoms with Crippen LogP contribution in [0.4, 0.5) is 0 Å². The first-order chi connectivity index (χ1) is 8.31. The number of rotatable bonds is 6. The Morgan fingerprint density at radius 1 is 0.632 bits per heavy atom. The molecule has 0 aromatic rings. The van der Waals surface area contributed by atoms with Gasteiger partial charge in [-0.3, -0.25) is 14.4 Å². The molecule has 0 aromatic carbocycles. The molecule has 0 bridgehead atoms. The SMILES string of the molecule is CCCC(=O)O.CCCC(=O)O.CCCC(=O)O.[SnH2].